The number of ether oxygens (including phenoxy) is 2. The molecule has 0 radical (unpaired) electrons. The third-order valence-corrected chi connectivity index (χ3v) is 8.15. The number of nitrogens with zero attached hydrogens (tertiary/aromatic N) is 1. The number of hydrogen-bond donors (Lipinski definition) is 2. The van der Waals surface area contributed by atoms with Crippen LogP contribution >= 0.6 is 39.1 Å². The number of carbonyl (C=O) groups is 1. The van der Waals surface area contributed by atoms with Crippen LogP contribution < -0.4 is 10.1 Å². The molecule has 6 nitrogen and oxygen atoms in total. The lowest BCUT2D eigenvalue weighted by Crippen LogP contribution is -2.49. The van der Waals surface area contributed by atoms with Crippen molar-refractivity contribution in [2.24, 2.45) is 4.99 Å². The average molecular weight is 686 g/mol. The second-order valence-electron chi connectivity index (χ2n) is 10.0. The van der Waals surface area contributed by atoms with Crippen LogP contribution in [0.4, 0.5) is 4.39 Å². The Bertz CT molecular complexity index is 1620. The van der Waals surface area contributed by atoms with Gasteiger partial charge < -0.3 is 19.9 Å². The minimum Gasteiger partial charge on any atom is -0.494 e. The second kappa shape index (κ2) is 13.9. The Morgan fingerprint density at radius 3 is 2.49 bits per heavy atom. The van der Waals surface area contributed by atoms with Crippen LogP contribution in [0.2, 0.25) is 10.0 Å². The fourth-order valence-electron chi connectivity index (χ4n) is 4.86. The molecule has 1 aliphatic rings. The first-order valence-electron chi connectivity index (χ1n) is 13.6. The summed E-state index contributed by atoms with van der Waals surface area (Å²) >= 11 is 16.4. The van der Waals surface area contributed by atoms with E-state index in [0.717, 1.165) is 10.0 Å². The molecule has 1 amide bonds. The van der Waals surface area contributed by atoms with Crippen LogP contribution in [-0.4, -0.2) is 35.7 Å². The van der Waals surface area contributed by atoms with Gasteiger partial charge in [0.25, 0.3) is 5.91 Å². The van der Waals surface area contributed by atoms with Crippen molar-refractivity contribution in [1.29, 1.82) is 0 Å². The summed E-state index contributed by atoms with van der Waals surface area (Å²) in [6.07, 6.45) is -0.252. The van der Waals surface area contributed by atoms with Gasteiger partial charge in [-0.25, -0.2) is 9.38 Å². The number of nitrogens with one attached hydrogen (secondary N) is 1. The minimum absolute atomic E-state index is 0.0385. The van der Waals surface area contributed by atoms with Crippen LogP contribution in [0.1, 0.15) is 34.8 Å². The van der Waals surface area contributed by atoms with E-state index in [1.54, 1.807) is 60.7 Å². The van der Waals surface area contributed by atoms with Crippen molar-refractivity contribution >= 4 is 50.9 Å². The summed E-state index contributed by atoms with van der Waals surface area (Å²) in [5.74, 6) is -0.00297. The molecule has 222 valence electrons. The van der Waals surface area contributed by atoms with Crippen LogP contribution in [0.15, 0.2) is 100 Å². The van der Waals surface area contributed by atoms with Crippen molar-refractivity contribution in [2.45, 2.75) is 31.0 Å². The van der Waals surface area contributed by atoms with E-state index in [1.165, 1.54) is 6.07 Å². The van der Waals surface area contributed by atoms with Crippen LogP contribution in [-0.2, 0) is 22.5 Å². The van der Waals surface area contributed by atoms with E-state index in [2.05, 4.69) is 21.2 Å². The molecule has 4 aromatic rings. The van der Waals surface area contributed by atoms with E-state index in [1.807, 2.05) is 24.3 Å². The first kappa shape index (κ1) is 31.0. The normalized spacial score (nSPS) is 17.7. The van der Waals surface area contributed by atoms with E-state index >= 15 is 0 Å². The Morgan fingerprint density at radius 1 is 1.05 bits per heavy atom. The van der Waals surface area contributed by atoms with Gasteiger partial charge in [0.05, 0.1) is 6.61 Å². The molecule has 4 aromatic carbocycles. The van der Waals surface area contributed by atoms with Gasteiger partial charge in [0, 0.05) is 57.2 Å². The number of halogens is 4. The molecular weight excluding hydrogens is 658 g/mol. The Balaban J connectivity index is 1.58. The van der Waals surface area contributed by atoms with Crippen LogP contribution in [0.3, 0.4) is 0 Å². The molecule has 43 heavy (non-hydrogen) atoms. The zero-order valence-electron chi connectivity index (χ0n) is 22.9. The number of aliphatic hydroxyl groups excluding tert-OH is 1. The molecular formula is C33H28BrCl2FN2O4. The fraction of sp³-hybridized carbons (Fsp3) is 0.212. The van der Waals surface area contributed by atoms with Gasteiger partial charge in [-0.3, -0.25) is 4.79 Å². The molecule has 10 heteroatoms. The standard InChI is InChI=1S/C33H28BrCl2FN2O4/c34-24-10-6-21(7-11-24)19-33(32(41)38-20-23-4-1-2-5-29(23)37)30(27-15-12-25(35)18-28(27)36)43-31(39-33)22-8-13-26(14-9-22)42-17-3-16-40/h1-2,4-15,18,30,40H,3,16-17,19-20H2,(H,38,41)/t30-,33-/m1/s1. The van der Waals surface area contributed by atoms with Crippen molar-refractivity contribution < 1.29 is 23.8 Å². The molecule has 0 unspecified atom stereocenters. The average Bonchev–Trinajstić information content (AvgIpc) is 3.38. The van der Waals surface area contributed by atoms with Gasteiger partial charge in [0.2, 0.25) is 5.90 Å². The van der Waals surface area contributed by atoms with E-state index < -0.39 is 23.4 Å². The van der Waals surface area contributed by atoms with Crippen LogP contribution in [0.25, 0.3) is 0 Å². The maximum absolute atomic E-state index is 14.5. The zero-order chi connectivity index (χ0) is 30.4. The number of aliphatic hydroxyl groups is 1. The molecule has 1 heterocycles. The third kappa shape index (κ3) is 7.21. The molecule has 0 bridgehead atoms. The molecule has 2 atom stereocenters. The smallest absolute Gasteiger partial charge is 0.252 e. The Kier molecular flexibility index (Phi) is 10.0. The summed E-state index contributed by atoms with van der Waals surface area (Å²) < 4.78 is 27.5. The number of aliphatic imine (C=N–C) groups is 1. The van der Waals surface area contributed by atoms with Crippen molar-refractivity contribution in [3.63, 3.8) is 0 Å². The highest BCUT2D eigenvalue weighted by atomic mass is 79.9. The lowest BCUT2D eigenvalue weighted by Gasteiger charge is -2.31. The first-order chi connectivity index (χ1) is 20.8. The Morgan fingerprint density at radius 2 is 1.79 bits per heavy atom. The minimum atomic E-state index is -1.51. The lowest BCUT2D eigenvalue weighted by atomic mass is 9.82. The number of benzene rings is 4. The number of carbonyl (C=O) groups excluding carboxylic acids is 1. The van der Waals surface area contributed by atoms with Gasteiger partial charge in [-0.05, 0) is 60.2 Å². The zero-order valence-corrected chi connectivity index (χ0v) is 26.0. The monoisotopic (exact) mass is 684 g/mol. The number of hydrogen-bond acceptors (Lipinski definition) is 5. The SMILES string of the molecule is O=C(NCc1ccccc1F)[C@]1(Cc2ccc(Br)cc2)N=C(c2ccc(OCCCO)cc2)O[C@@H]1c1ccc(Cl)cc1Cl. The molecule has 2 N–H and O–H groups in total. The third-order valence-electron chi connectivity index (χ3n) is 7.06. The van der Waals surface area contributed by atoms with Gasteiger partial charge in [-0.15, -0.1) is 0 Å². The predicted molar refractivity (Wildman–Crippen MR) is 169 cm³/mol. The topological polar surface area (TPSA) is 80.2 Å². The fourth-order valence-corrected chi connectivity index (χ4v) is 5.63. The highest BCUT2D eigenvalue weighted by Crippen LogP contribution is 2.45. The highest BCUT2D eigenvalue weighted by Gasteiger charge is 2.53. The van der Waals surface area contributed by atoms with Gasteiger partial charge in [-0.2, -0.15) is 0 Å². The van der Waals surface area contributed by atoms with Gasteiger partial charge in [0.15, 0.2) is 11.6 Å². The predicted octanol–water partition coefficient (Wildman–Crippen LogP) is 7.47. The van der Waals surface area contributed by atoms with E-state index in [-0.39, 0.29) is 25.5 Å². The summed E-state index contributed by atoms with van der Waals surface area (Å²) in [6, 6.07) is 26.0. The molecule has 0 saturated carbocycles. The van der Waals surface area contributed by atoms with Gasteiger partial charge in [-0.1, -0.05) is 75.5 Å². The molecule has 1 aliphatic heterocycles. The quantitative estimate of drug-likeness (QED) is 0.161. The number of rotatable bonds is 11. The van der Waals surface area contributed by atoms with Crippen molar-refractivity contribution in [3.8, 4) is 5.75 Å². The number of amides is 1. The largest absolute Gasteiger partial charge is 0.494 e. The molecule has 5 rings (SSSR count). The summed E-state index contributed by atoms with van der Waals surface area (Å²) in [4.78, 5) is 19.3. The van der Waals surface area contributed by atoms with Crippen molar-refractivity contribution in [3.05, 3.63) is 134 Å². The van der Waals surface area contributed by atoms with Gasteiger partial charge in [0.1, 0.15) is 11.6 Å². The first-order valence-corrected chi connectivity index (χ1v) is 15.2. The van der Waals surface area contributed by atoms with Crippen molar-refractivity contribution in [1.82, 2.24) is 5.32 Å². The van der Waals surface area contributed by atoms with E-state index in [9.17, 15) is 9.18 Å². The lowest BCUT2D eigenvalue weighted by molar-refractivity contribution is -0.129. The van der Waals surface area contributed by atoms with E-state index in [4.69, 9.17) is 42.8 Å². The molecule has 0 fully saturated rings. The maximum atomic E-state index is 14.5. The summed E-state index contributed by atoms with van der Waals surface area (Å²) in [6.45, 7) is 0.374. The molecule has 0 saturated heterocycles. The molecule has 0 aliphatic carbocycles. The summed E-state index contributed by atoms with van der Waals surface area (Å²) in [5, 5.41) is 12.7. The maximum Gasteiger partial charge on any atom is 0.252 e. The summed E-state index contributed by atoms with van der Waals surface area (Å²) in [7, 11) is 0. The Labute approximate surface area is 267 Å². The summed E-state index contributed by atoms with van der Waals surface area (Å²) in [5.41, 5.74) is 0.828. The second-order valence-corrected chi connectivity index (χ2v) is 11.8. The Hall–Kier alpha value is -3.43. The van der Waals surface area contributed by atoms with Gasteiger partial charge >= 0.3 is 0 Å². The van der Waals surface area contributed by atoms with Crippen molar-refractivity contribution in [2.75, 3.05) is 13.2 Å². The highest BCUT2D eigenvalue weighted by molar-refractivity contribution is 9.10. The van der Waals surface area contributed by atoms with Crippen LogP contribution in [0.5, 0.6) is 5.75 Å². The van der Waals surface area contributed by atoms with E-state index in [0.29, 0.717) is 45.5 Å². The van der Waals surface area contributed by atoms with Crippen LogP contribution in [0, 0.1) is 5.82 Å². The molecule has 0 aromatic heterocycles. The molecule has 0 spiro atoms.